The number of nitrogens with one attached hydrogen (secondary N) is 1. The van der Waals surface area contributed by atoms with Crippen LogP contribution in [0.25, 0.3) is 0 Å². The number of aliphatic hydroxyl groups is 1. The van der Waals surface area contributed by atoms with Crippen LogP contribution < -0.4 is 4.72 Å². The fourth-order valence-electron chi connectivity index (χ4n) is 1.58. The van der Waals surface area contributed by atoms with Crippen LogP contribution in [0.2, 0.25) is 0 Å². The van der Waals surface area contributed by atoms with E-state index in [1.165, 1.54) is 0 Å². The molecule has 0 rings (SSSR count). The number of rotatable bonds is 11. The number of hydrogen-bond acceptors (Lipinski definition) is 3. The van der Waals surface area contributed by atoms with E-state index in [0.29, 0.717) is 6.54 Å². The Bertz CT molecular complexity index is 263. The fourth-order valence-corrected chi connectivity index (χ4v) is 2.77. The molecule has 0 aromatic heterocycles. The lowest BCUT2D eigenvalue weighted by molar-refractivity contribution is 0.180. The average Bonchev–Trinajstić information content (AvgIpc) is 2.23. The molecular formula is C12H27NO3S. The van der Waals surface area contributed by atoms with Gasteiger partial charge < -0.3 is 5.11 Å². The van der Waals surface area contributed by atoms with E-state index < -0.39 is 10.0 Å². The van der Waals surface area contributed by atoms with Crippen LogP contribution in [0.5, 0.6) is 0 Å². The Morgan fingerprint density at radius 3 is 2.41 bits per heavy atom. The Balaban J connectivity index is 3.46. The van der Waals surface area contributed by atoms with Crippen molar-refractivity contribution in [2.75, 3.05) is 12.3 Å². The summed E-state index contributed by atoms with van der Waals surface area (Å²) in [4.78, 5) is 0. The third-order valence-electron chi connectivity index (χ3n) is 2.64. The maximum atomic E-state index is 11.5. The van der Waals surface area contributed by atoms with Gasteiger partial charge >= 0.3 is 0 Å². The SMILES string of the molecule is CCCCCS(=O)(=O)NCCCCCC(C)O. The Morgan fingerprint density at radius 2 is 1.82 bits per heavy atom. The van der Waals surface area contributed by atoms with Gasteiger partial charge in [0.05, 0.1) is 11.9 Å². The Kier molecular flexibility index (Phi) is 9.78. The number of hydrogen-bond donors (Lipinski definition) is 2. The summed E-state index contributed by atoms with van der Waals surface area (Å²) in [6.07, 6.45) is 6.05. The van der Waals surface area contributed by atoms with Gasteiger partial charge in [-0.25, -0.2) is 13.1 Å². The van der Waals surface area contributed by atoms with Gasteiger partial charge in [0.25, 0.3) is 0 Å². The van der Waals surface area contributed by atoms with Crippen molar-refractivity contribution >= 4 is 10.0 Å². The molecule has 0 fully saturated rings. The molecule has 0 aromatic carbocycles. The van der Waals surface area contributed by atoms with Crippen LogP contribution in [0.15, 0.2) is 0 Å². The minimum Gasteiger partial charge on any atom is -0.393 e. The maximum absolute atomic E-state index is 11.5. The first kappa shape index (κ1) is 16.9. The summed E-state index contributed by atoms with van der Waals surface area (Å²) in [5.74, 6) is 0.245. The molecule has 0 saturated heterocycles. The molecule has 1 atom stereocenters. The van der Waals surface area contributed by atoms with E-state index in [1.807, 2.05) is 0 Å². The molecule has 5 heteroatoms. The van der Waals surface area contributed by atoms with Crippen LogP contribution in [0.4, 0.5) is 0 Å². The summed E-state index contributed by atoms with van der Waals surface area (Å²) in [7, 11) is -3.06. The van der Waals surface area contributed by atoms with E-state index in [-0.39, 0.29) is 11.9 Å². The summed E-state index contributed by atoms with van der Waals surface area (Å²) < 4.78 is 25.6. The summed E-state index contributed by atoms with van der Waals surface area (Å²) in [6, 6.07) is 0. The second kappa shape index (κ2) is 9.85. The third kappa shape index (κ3) is 12.1. The summed E-state index contributed by atoms with van der Waals surface area (Å²) in [6.45, 7) is 4.35. The lowest BCUT2D eigenvalue weighted by atomic mass is 10.1. The van der Waals surface area contributed by atoms with Crippen molar-refractivity contribution in [3.63, 3.8) is 0 Å². The smallest absolute Gasteiger partial charge is 0.211 e. The van der Waals surface area contributed by atoms with Crippen LogP contribution in [0.1, 0.15) is 58.8 Å². The maximum Gasteiger partial charge on any atom is 0.211 e. The zero-order chi connectivity index (χ0) is 13.1. The Labute approximate surface area is 106 Å². The average molecular weight is 265 g/mol. The van der Waals surface area contributed by atoms with E-state index in [0.717, 1.165) is 44.9 Å². The summed E-state index contributed by atoms with van der Waals surface area (Å²) >= 11 is 0. The van der Waals surface area contributed by atoms with E-state index in [2.05, 4.69) is 11.6 Å². The molecule has 0 saturated carbocycles. The first-order valence-electron chi connectivity index (χ1n) is 6.63. The molecule has 2 N–H and O–H groups in total. The van der Waals surface area contributed by atoms with E-state index in [4.69, 9.17) is 5.11 Å². The summed E-state index contributed by atoms with van der Waals surface area (Å²) in [5, 5.41) is 9.05. The number of unbranched alkanes of at least 4 members (excludes halogenated alkanes) is 4. The Morgan fingerprint density at radius 1 is 1.12 bits per heavy atom. The highest BCUT2D eigenvalue weighted by molar-refractivity contribution is 7.89. The van der Waals surface area contributed by atoms with Crippen molar-refractivity contribution in [3.8, 4) is 0 Å². The zero-order valence-corrected chi connectivity index (χ0v) is 11.9. The standard InChI is InChI=1S/C12H27NO3S/c1-3-4-8-11-17(15,16)13-10-7-5-6-9-12(2)14/h12-14H,3-11H2,1-2H3. The minimum absolute atomic E-state index is 0.245. The molecule has 0 heterocycles. The normalized spacial score (nSPS) is 13.8. The molecule has 4 nitrogen and oxygen atoms in total. The largest absolute Gasteiger partial charge is 0.393 e. The van der Waals surface area contributed by atoms with Crippen LogP contribution in [-0.4, -0.2) is 31.9 Å². The second-order valence-corrected chi connectivity index (χ2v) is 6.55. The van der Waals surface area contributed by atoms with E-state index in [9.17, 15) is 8.42 Å². The fraction of sp³-hybridized carbons (Fsp3) is 1.00. The van der Waals surface area contributed by atoms with Gasteiger partial charge in [0.1, 0.15) is 0 Å². The van der Waals surface area contributed by atoms with Crippen molar-refractivity contribution < 1.29 is 13.5 Å². The first-order chi connectivity index (χ1) is 7.98. The minimum atomic E-state index is -3.06. The molecule has 0 aliphatic rings. The lowest BCUT2D eigenvalue weighted by Crippen LogP contribution is -2.27. The van der Waals surface area contributed by atoms with E-state index in [1.54, 1.807) is 6.92 Å². The topological polar surface area (TPSA) is 66.4 Å². The Hall–Kier alpha value is -0.130. The molecule has 0 aromatic rings. The molecule has 0 spiro atoms. The first-order valence-corrected chi connectivity index (χ1v) is 8.28. The van der Waals surface area contributed by atoms with Gasteiger partial charge in [0, 0.05) is 6.54 Å². The molecule has 0 radical (unpaired) electrons. The van der Waals surface area contributed by atoms with E-state index >= 15 is 0 Å². The van der Waals surface area contributed by atoms with Crippen molar-refractivity contribution in [3.05, 3.63) is 0 Å². The number of sulfonamides is 1. The van der Waals surface area contributed by atoms with Gasteiger partial charge in [-0.05, 0) is 26.2 Å². The molecule has 0 bridgehead atoms. The highest BCUT2D eigenvalue weighted by atomic mass is 32.2. The monoisotopic (exact) mass is 265 g/mol. The van der Waals surface area contributed by atoms with Gasteiger partial charge in [-0.1, -0.05) is 32.6 Å². The molecule has 0 aliphatic carbocycles. The van der Waals surface area contributed by atoms with Crippen LogP contribution in [-0.2, 0) is 10.0 Å². The van der Waals surface area contributed by atoms with Crippen LogP contribution in [0.3, 0.4) is 0 Å². The molecule has 0 amide bonds. The van der Waals surface area contributed by atoms with Gasteiger partial charge in [-0.15, -0.1) is 0 Å². The number of aliphatic hydroxyl groups excluding tert-OH is 1. The zero-order valence-electron chi connectivity index (χ0n) is 11.1. The third-order valence-corrected chi connectivity index (χ3v) is 4.11. The predicted molar refractivity (Wildman–Crippen MR) is 71.5 cm³/mol. The van der Waals surface area contributed by atoms with Crippen molar-refractivity contribution in [1.82, 2.24) is 4.72 Å². The lowest BCUT2D eigenvalue weighted by Gasteiger charge is -2.07. The van der Waals surface area contributed by atoms with Crippen molar-refractivity contribution in [1.29, 1.82) is 0 Å². The van der Waals surface area contributed by atoms with Gasteiger partial charge in [0.15, 0.2) is 0 Å². The predicted octanol–water partition coefficient (Wildman–Crippen LogP) is 2.04. The van der Waals surface area contributed by atoms with Crippen LogP contribution in [0, 0.1) is 0 Å². The highest BCUT2D eigenvalue weighted by Gasteiger charge is 2.08. The van der Waals surface area contributed by atoms with Gasteiger partial charge in [0.2, 0.25) is 10.0 Å². The molecule has 0 aliphatic heterocycles. The summed E-state index contributed by atoms with van der Waals surface area (Å²) in [5.41, 5.74) is 0. The molecular weight excluding hydrogens is 238 g/mol. The van der Waals surface area contributed by atoms with Gasteiger partial charge in [-0.2, -0.15) is 0 Å². The van der Waals surface area contributed by atoms with Crippen molar-refractivity contribution in [2.45, 2.75) is 64.9 Å². The quantitative estimate of drug-likeness (QED) is 0.562. The van der Waals surface area contributed by atoms with Crippen LogP contribution >= 0.6 is 0 Å². The molecule has 1 unspecified atom stereocenters. The second-order valence-electron chi connectivity index (χ2n) is 4.62. The molecule has 17 heavy (non-hydrogen) atoms. The molecule has 104 valence electrons. The highest BCUT2D eigenvalue weighted by Crippen LogP contribution is 2.03. The van der Waals surface area contributed by atoms with Gasteiger partial charge in [-0.3, -0.25) is 0 Å². The van der Waals surface area contributed by atoms with Crippen molar-refractivity contribution in [2.24, 2.45) is 0 Å².